The Morgan fingerprint density at radius 1 is 0.905 bits per heavy atom. The van der Waals surface area contributed by atoms with Gasteiger partial charge < -0.3 is 5.32 Å². The number of amidine groups is 1. The van der Waals surface area contributed by atoms with Crippen LogP contribution in [0.3, 0.4) is 0 Å². The third kappa shape index (κ3) is 5.30. The Bertz CT molecular complexity index is 303. The molecule has 1 aliphatic carbocycles. The summed E-state index contributed by atoms with van der Waals surface area (Å²) in [5.74, 6) is 1.40. The summed E-state index contributed by atoms with van der Waals surface area (Å²) in [6.07, 6.45) is 19.4. The molecule has 0 atom stereocenters. The van der Waals surface area contributed by atoms with E-state index >= 15 is 0 Å². The summed E-state index contributed by atoms with van der Waals surface area (Å²) in [4.78, 5) is 5.00. The van der Waals surface area contributed by atoms with Gasteiger partial charge in [-0.25, -0.2) is 0 Å². The Morgan fingerprint density at radius 2 is 1.67 bits per heavy atom. The van der Waals surface area contributed by atoms with Gasteiger partial charge in [0, 0.05) is 18.5 Å². The molecule has 0 spiro atoms. The van der Waals surface area contributed by atoms with Crippen molar-refractivity contribution in [1.29, 1.82) is 0 Å². The highest BCUT2D eigenvalue weighted by molar-refractivity contribution is 5.88. The predicted octanol–water partition coefficient (Wildman–Crippen LogP) is 5.47. The summed E-state index contributed by atoms with van der Waals surface area (Å²) in [7, 11) is 0. The molecule has 0 amide bonds. The Labute approximate surface area is 132 Å². The quantitative estimate of drug-likeness (QED) is 0.618. The molecule has 0 bridgehead atoms. The van der Waals surface area contributed by atoms with Crippen LogP contribution in [0.2, 0.25) is 0 Å². The zero-order valence-electron chi connectivity index (χ0n) is 14.3. The van der Waals surface area contributed by atoms with Crippen LogP contribution in [-0.4, -0.2) is 18.9 Å². The van der Waals surface area contributed by atoms with Crippen LogP contribution in [0.15, 0.2) is 4.99 Å². The lowest BCUT2D eigenvalue weighted by Crippen LogP contribution is -2.43. The van der Waals surface area contributed by atoms with Crippen LogP contribution >= 0.6 is 0 Å². The molecule has 0 saturated heterocycles. The Kier molecular flexibility index (Phi) is 7.60. The van der Waals surface area contributed by atoms with Gasteiger partial charge in [-0.1, -0.05) is 58.3 Å². The number of unbranched alkanes of at least 4 members (excludes halogenated alkanes) is 4. The van der Waals surface area contributed by atoms with E-state index in [1.807, 2.05) is 0 Å². The molecule has 1 saturated carbocycles. The van der Waals surface area contributed by atoms with E-state index in [0.29, 0.717) is 5.41 Å². The average molecular weight is 293 g/mol. The highest BCUT2D eigenvalue weighted by atomic mass is 15.0. The number of nitrogens with zero attached hydrogens (tertiary/aromatic N) is 1. The molecule has 1 aliphatic heterocycles. The molecule has 1 fully saturated rings. The van der Waals surface area contributed by atoms with E-state index in [9.17, 15) is 0 Å². The molecule has 0 aromatic heterocycles. The van der Waals surface area contributed by atoms with Gasteiger partial charge in [-0.2, -0.15) is 0 Å². The van der Waals surface area contributed by atoms with Crippen molar-refractivity contribution in [3.8, 4) is 0 Å². The minimum atomic E-state index is 0.418. The molecular weight excluding hydrogens is 256 g/mol. The second-order valence-electron chi connectivity index (χ2n) is 7.22. The monoisotopic (exact) mass is 292 g/mol. The lowest BCUT2D eigenvalue weighted by molar-refractivity contribution is 0.249. The van der Waals surface area contributed by atoms with Crippen LogP contribution in [-0.2, 0) is 0 Å². The third-order valence-corrected chi connectivity index (χ3v) is 5.47. The van der Waals surface area contributed by atoms with E-state index in [1.54, 1.807) is 0 Å². The molecule has 2 rings (SSSR count). The van der Waals surface area contributed by atoms with Crippen LogP contribution in [0, 0.1) is 5.41 Å². The standard InChI is InChI=1S/C19H36N2/c1-2-3-4-5-8-13-19(14-9-6-10-15-19)18-20-16-11-7-12-17-21-18/h2-17H2,1H3,(H,20,21). The number of rotatable bonds is 7. The van der Waals surface area contributed by atoms with Crippen LogP contribution in [0.1, 0.15) is 96.8 Å². The van der Waals surface area contributed by atoms with Gasteiger partial charge in [-0.15, -0.1) is 0 Å². The van der Waals surface area contributed by atoms with Crippen molar-refractivity contribution in [1.82, 2.24) is 5.32 Å². The molecule has 1 N–H and O–H groups in total. The smallest absolute Gasteiger partial charge is 0.103 e. The maximum atomic E-state index is 5.00. The third-order valence-electron chi connectivity index (χ3n) is 5.47. The van der Waals surface area contributed by atoms with Gasteiger partial charge in [0.15, 0.2) is 0 Å². The normalized spacial score (nSPS) is 25.3. The fourth-order valence-electron chi connectivity index (χ4n) is 4.12. The second-order valence-corrected chi connectivity index (χ2v) is 7.22. The van der Waals surface area contributed by atoms with Crippen molar-refractivity contribution in [2.45, 2.75) is 96.8 Å². The Hall–Kier alpha value is -0.530. The average Bonchev–Trinajstić information content (AvgIpc) is 2.47. The van der Waals surface area contributed by atoms with Crippen molar-refractivity contribution < 1.29 is 0 Å². The summed E-state index contributed by atoms with van der Waals surface area (Å²) in [6, 6.07) is 0. The first-order valence-electron chi connectivity index (χ1n) is 9.66. The first-order valence-corrected chi connectivity index (χ1v) is 9.66. The van der Waals surface area contributed by atoms with E-state index in [2.05, 4.69) is 12.2 Å². The van der Waals surface area contributed by atoms with Crippen LogP contribution in [0.25, 0.3) is 0 Å². The zero-order chi connectivity index (χ0) is 14.8. The van der Waals surface area contributed by atoms with Crippen molar-refractivity contribution in [3.05, 3.63) is 0 Å². The van der Waals surface area contributed by atoms with Crippen LogP contribution in [0.4, 0.5) is 0 Å². The van der Waals surface area contributed by atoms with Crippen LogP contribution in [0.5, 0.6) is 0 Å². The van der Waals surface area contributed by atoms with Gasteiger partial charge in [-0.3, -0.25) is 4.99 Å². The van der Waals surface area contributed by atoms with Gasteiger partial charge in [0.1, 0.15) is 5.84 Å². The summed E-state index contributed by atoms with van der Waals surface area (Å²) in [5, 5.41) is 3.73. The summed E-state index contributed by atoms with van der Waals surface area (Å²) < 4.78 is 0. The van der Waals surface area contributed by atoms with Crippen molar-refractivity contribution >= 4 is 5.84 Å². The van der Waals surface area contributed by atoms with E-state index in [4.69, 9.17) is 4.99 Å². The molecule has 0 aromatic rings. The summed E-state index contributed by atoms with van der Waals surface area (Å²) in [6.45, 7) is 4.51. The fourth-order valence-corrected chi connectivity index (χ4v) is 4.12. The maximum absolute atomic E-state index is 5.00. The molecule has 0 aromatic carbocycles. The molecule has 2 nitrogen and oxygen atoms in total. The highest BCUT2D eigenvalue weighted by Crippen LogP contribution is 2.41. The van der Waals surface area contributed by atoms with Crippen LogP contribution < -0.4 is 5.32 Å². The lowest BCUT2D eigenvalue weighted by atomic mass is 9.69. The predicted molar refractivity (Wildman–Crippen MR) is 93.0 cm³/mol. The van der Waals surface area contributed by atoms with E-state index in [-0.39, 0.29) is 0 Å². The van der Waals surface area contributed by atoms with E-state index in [0.717, 1.165) is 13.1 Å². The number of aliphatic imine (C=N–C) groups is 1. The van der Waals surface area contributed by atoms with Crippen molar-refractivity contribution in [3.63, 3.8) is 0 Å². The Balaban J connectivity index is 1.94. The molecular formula is C19H36N2. The summed E-state index contributed by atoms with van der Waals surface area (Å²) in [5.41, 5.74) is 0.418. The number of nitrogens with one attached hydrogen (secondary N) is 1. The molecule has 1 heterocycles. The highest BCUT2D eigenvalue weighted by Gasteiger charge is 2.36. The first-order chi connectivity index (χ1) is 10.4. The van der Waals surface area contributed by atoms with Gasteiger partial charge in [0.25, 0.3) is 0 Å². The number of hydrogen-bond donors (Lipinski definition) is 1. The van der Waals surface area contributed by atoms with E-state index in [1.165, 1.54) is 95.7 Å². The molecule has 21 heavy (non-hydrogen) atoms. The van der Waals surface area contributed by atoms with Gasteiger partial charge >= 0.3 is 0 Å². The molecule has 0 radical (unpaired) electrons. The lowest BCUT2D eigenvalue weighted by Gasteiger charge is -2.39. The Morgan fingerprint density at radius 3 is 2.48 bits per heavy atom. The fraction of sp³-hybridized carbons (Fsp3) is 0.947. The van der Waals surface area contributed by atoms with E-state index < -0.39 is 0 Å². The molecule has 2 aliphatic rings. The van der Waals surface area contributed by atoms with Crippen molar-refractivity contribution in [2.24, 2.45) is 10.4 Å². The largest absolute Gasteiger partial charge is 0.373 e. The van der Waals surface area contributed by atoms with Gasteiger partial charge in [0.05, 0.1) is 0 Å². The minimum Gasteiger partial charge on any atom is -0.373 e. The van der Waals surface area contributed by atoms with Gasteiger partial charge in [-0.05, 0) is 38.5 Å². The molecule has 122 valence electrons. The molecule has 0 unspecified atom stereocenters. The summed E-state index contributed by atoms with van der Waals surface area (Å²) >= 11 is 0. The SMILES string of the molecule is CCCCCCCC1(/C2=N/CCCCCN2)CCCCC1. The van der Waals surface area contributed by atoms with Crippen molar-refractivity contribution in [2.75, 3.05) is 13.1 Å². The topological polar surface area (TPSA) is 24.4 Å². The second kappa shape index (κ2) is 9.48. The minimum absolute atomic E-state index is 0.418. The van der Waals surface area contributed by atoms with Gasteiger partial charge in [0.2, 0.25) is 0 Å². The maximum Gasteiger partial charge on any atom is 0.103 e. The molecule has 2 heteroatoms. The first kappa shape index (κ1) is 16.8. The zero-order valence-corrected chi connectivity index (χ0v) is 14.3. The number of hydrogen-bond acceptors (Lipinski definition) is 2.